The van der Waals surface area contributed by atoms with Gasteiger partial charge in [-0.2, -0.15) is 0 Å². The van der Waals surface area contributed by atoms with Gasteiger partial charge in [0.2, 0.25) is 0 Å². The SMILES string of the molecule is CCOC(=O)C=Cc1cnc(N[C@@H]2CCN(C(=O)N3CCCCC3)C2)c(Cl)c1. The molecule has 2 saturated heterocycles. The molecule has 1 aromatic rings. The Labute approximate surface area is 170 Å². The van der Waals surface area contributed by atoms with E-state index in [-0.39, 0.29) is 12.1 Å². The second-order valence-corrected chi connectivity index (χ2v) is 7.50. The molecule has 0 spiro atoms. The lowest BCUT2D eigenvalue weighted by molar-refractivity contribution is -0.137. The smallest absolute Gasteiger partial charge is 0.330 e. The molecule has 0 aromatic carbocycles. The Balaban J connectivity index is 1.54. The first kappa shape index (κ1) is 20.5. The molecule has 0 aliphatic carbocycles. The Bertz CT molecular complexity index is 734. The molecule has 3 heterocycles. The van der Waals surface area contributed by atoms with Gasteiger partial charge in [-0.05, 0) is 50.3 Å². The Hall–Kier alpha value is -2.28. The minimum Gasteiger partial charge on any atom is -0.463 e. The highest BCUT2D eigenvalue weighted by atomic mass is 35.5. The molecule has 152 valence electrons. The number of anilines is 1. The fourth-order valence-electron chi connectivity index (χ4n) is 3.54. The van der Waals surface area contributed by atoms with Gasteiger partial charge in [-0.25, -0.2) is 14.6 Å². The van der Waals surface area contributed by atoms with Crippen LogP contribution in [0.2, 0.25) is 5.02 Å². The number of urea groups is 1. The number of ether oxygens (including phenoxy) is 1. The van der Waals surface area contributed by atoms with Gasteiger partial charge in [0.1, 0.15) is 5.82 Å². The Kier molecular flexibility index (Phi) is 7.14. The summed E-state index contributed by atoms with van der Waals surface area (Å²) in [6.07, 6.45) is 8.89. The number of esters is 1. The molecule has 1 aromatic heterocycles. The number of aromatic nitrogens is 1. The van der Waals surface area contributed by atoms with E-state index in [2.05, 4.69) is 10.3 Å². The van der Waals surface area contributed by atoms with Crippen LogP contribution >= 0.6 is 11.6 Å². The third-order valence-electron chi connectivity index (χ3n) is 4.99. The second kappa shape index (κ2) is 9.78. The molecule has 2 aliphatic rings. The van der Waals surface area contributed by atoms with E-state index < -0.39 is 5.97 Å². The lowest BCUT2D eigenvalue weighted by atomic mass is 10.1. The number of hydrogen-bond donors (Lipinski definition) is 1. The van der Waals surface area contributed by atoms with Gasteiger partial charge in [0.25, 0.3) is 0 Å². The number of rotatable bonds is 5. The summed E-state index contributed by atoms with van der Waals surface area (Å²) in [5, 5.41) is 3.82. The molecular weight excluding hydrogens is 380 g/mol. The summed E-state index contributed by atoms with van der Waals surface area (Å²) in [5.41, 5.74) is 0.719. The van der Waals surface area contributed by atoms with E-state index in [0.29, 0.717) is 24.0 Å². The van der Waals surface area contributed by atoms with Crippen molar-refractivity contribution in [1.29, 1.82) is 0 Å². The third-order valence-corrected chi connectivity index (χ3v) is 5.28. The number of carbonyl (C=O) groups is 2. The van der Waals surface area contributed by atoms with Crippen molar-refractivity contribution < 1.29 is 14.3 Å². The summed E-state index contributed by atoms with van der Waals surface area (Å²) in [5.74, 6) is 0.192. The van der Waals surface area contributed by atoms with Crippen LogP contribution in [-0.2, 0) is 9.53 Å². The predicted molar refractivity (Wildman–Crippen MR) is 109 cm³/mol. The van der Waals surface area contributed by atoms with E-state index >= 15 is 0 Å². The predicted octanol–water partition coefficient (Wildman–Crippen LogP) is 3.40. The highest BCUT2D eigenvalue weighted by Gasteiger charge is 2.30. The first-order valence-electron chi connectivity index (χ1n) is 9.87. The largest absolute Gasteiger partial charge is 0.463 e. The monoisotopic (exact) mass is 406 g/mol. The molecule has 7 nitrogen and oxygen atoms in total. The van der Waals surface area contributed by atoms with E-state index in [1.165, 1.54) is 12.5 Å². The molecule has 0 radical (unpaired) electrons. The molecule has 1 N–H and O–H groups in total. The van der Waals surface area contributed by atoms with Gasteiger partial charge in [0.05, 0.1) is 11.6 Å². The van der Waals surface area contributed by atoms with Crippen LogP contribution in [0.1, 0.15) is 38.2 Å². The number of nitrogens with one attached hydrogen (secondary N) is 1. The first-order chi connectivity index (χ1) is 13.6. The molecule has 2 amide bonds. The van der Waals surface area contributed by atoms with Crippen molar-refractivity contribution in [3.05, 3.63) is 28.9 Å². The fraction of sp³-hybridized carbons (Fsp3) is 0.550. The Morgan fingerprint density at radius 1 is 1.29 bits per heavy atom. The molecule has 2 aliphatic heterocycles. The highest BCUT2D eigenvalue weighted by Crippen LogP contribution is 2.24. The molecule has 3 rings (SSSR count). The number of piperidine rings is 1. The number of pyridine rings is 1. The van der Waals surface area contributed by atoms with Crippen LogP contribution in [0, 0.1) is 0 Å². The summed E-state index contributed by atoms with van der Waals surface area (Å²) in [6.45, 7) is 5.21. The molecule has 8 heteroatoms. The maximum absolute atomic E-state index is 12.6. The zero-order chi connectivity index (χ0) is 19.9. The normalized spacial score (nSPS) is 19.9. The number of nitrogens with zero attached hydrogens (tertiary/aromatic N) is 3. The minimum atomic E-state index is -0.398. The van der Waals surface area contributed by atoms with Gasteiger partial charge in [-0.15, -0.1) is 0 Å². The second-order valence-electron chi connectivity index (χ2n) is 7.09. The quantitative estimate of drug-likeness (QED) is 0.599. The summed E-state index contributed by atoms with van der Waals surface area (Å²) in [7, 11) is 0. The summed E-state index contributed by atoms with van der Waals surface area (Å²) in [6, 6.07) is 2.01. The van der Waals surface area contributed by atoms with Gasteiger partial charge in [0.15, 0.2) is 0 Å². The average molecular weight is 407 g/mol. The zero-order valence-electron chi connectivity index (χ0n) is 16.2. The molecule has 1 atom stereocenters. The molecule has 0 unspecified atom stereocenters. The standard InChI is InChI=1S/C20H27ClN4O3/c1-2-28-18(26)7-6-15-12-17(21)19(22-13-15)23-16-8-11-25(14-16)20(27)24-9-4-3-5-10-24/h6-7,12-13,16H,2-5,8-11,14H2,1H3,(H,22,23)/t16-/m1/s1. The summed E-state index contributed by atoms with van der Waals surface area (Å²) < 4.78 is 4.85. The first-order valence-corrected chi connectivity index (χ1v) is 10.3. The van der Waals surface area contributed by atoms with Crippen molar-refractivity contribution >= 4 is 35.5 Å². The van der Waals surface area contributed by atoms with E-state index in [4.69, 9.17) is 16.3 Å². The van der Waals surface area contributed by atoms with Crippen LogP contribution < -0.4 is 5.32 Å². The zero-order valence-corrected chi connectivity index (χ0v) is 17.0. The molecule has 0 bridgehead atoms. The lowest BCUT2D eigenvalue weighted by Crippen LogP contribution is -2.45. The fourth-order valence-corrected chi connectivity index (χ4v) is 3.76. The van der Waals surface area contributed by atoms with Crippen molar-refractivity contribution in [3.63, 3.8) is 0 Å². The molecular formula is C20H27ClN4O3. The maximum atomic E-state index is 12.6. The van der Waals surface area contributed by atoms with Crippen LogP contribution in [0.25, 0.3) is 6.08 Å². The van der Waals surface area contributed by atoms with Gasteiger partial charge in [-0.1, -0.05) is 11.6 Å². The van der Waals surface area contributed by atoms with Crippen molar-refractivity contribution in [1.82, 2.24) is 14.8 Å². The van der Waals surface area contributed by atoms with Crippen molar-refractivity contribution in [2.75, 3.05) is 38.1 Å². The Morgan fingerprint density at radius 3 is 2.79 bits per heavy atom. The van der Waals surface area contributed by atoms with Crippen LogP contribution in [0.3, 0.4) is 0 Å². The van der Waals surface area contributed by atoms with Gasteiger partial charge >= 0.3 is 12.0 Å². The van der Waals surface area contributed by atoms with Crippen LogP contribution in [0.5, 0.6) is 0 Å². The molecule has 28 heavy (non-hydrogen) atoms. The summed E-state index contributed by atoms with van der Waals surface area (Å²) >= 11 is 6.34. The molecule has 0 saturated carbocycles. The van der Waals surface area contributed by atoms with Crippen molar-refractivity contribution in [2.45, 2.75) is 38.6 Å². The number of likely N-dealkylation sites (tertiary alicyclic amines) is 2. The Morgan fingerprint density at radius 2 is 2.07 bits per heavy atom. The highest BCUT2D eigenvalue weighted by molar-refractivity contribution is 6.33. The lowest BCUT2D eigenvalue weighted by Gasteiger charge is -2.31. The van der Waals surface area contributed by atoms with Crippen LogP contribution in [0.4, 0.5) is 10.6 Å². The van der Waals surface area contributed by atoms with Crippen LogP contribution in [0.15, 0.2) is 18.3 Å². The summed E-state index contributed by atoms with van der Waals surface area (Å²) in [4.78, 5) is 32.2. The van der Waals surface area contributed by atoms with Gasteiger partial charge in [-0.3, -0.25) is 0 Å². The number of amides is 2. The number of carbonyl (C=O) groups excluding carboxylic acids is 2. The average Bonchev–Trinajstić information content (AvgIpc) is 3.17. The molecule has 2 fully saturated rings. The number of hydrogen-bond acceptors (Lipinski definition) is 5. The van der Waals surface area contributed by atoms with E-state index in [1.807, 2.05) is 9.80 Å². The van der Waals surface area contributed by atoms with Crippen molar-refractivity contribution in [2.24, 2.45) is 0 Å². The van der Waals surface area contributed by atoms with Gasteiger partial charge in [0, 0.05) is 44.5 Å². The minimum absolute atomic E-state index is 0.125. The topological polar surface area (TPSA) is 74.8 Å². The van der Waals surface area contributed by atoms with Crippen molar-refractivity contribution in [3.8, 4) is 0 Å². The van der Waals surface area contributed by atoms with Gasteiger partial charge < -0.3 is 19.9 Å². The van der Waals surface area contributed by atoms with Crippen LogP contribution in [-0.4, -0.2) is 65.6 Å². The third kappa shape index (κ3) is 5.38. The van der Waals surface area contributed by atoms with E-state index in [0.717, 1.165) is 44.5 Å². The maximum Gasteiger partial charge on any atom is 0.330 e. The van der Waals surface area contributed by atoms with E-state index in [1.54, 1.807) is 25.3 Å². The van der Waals surface area contributed by atoms with E-state index in [9.17, 15) is 9.59 Å². The number of halogens is 1.